The predicted octanol–water partition coefficient (Wildman–Crippen LogP) is 5.07. The zero-order valence-corrected chi connectivity index (χ0v) is 16.6. The Kier molecular flexibility index (Phi) is 7.95. The second kappa shape index (κ2) is 10.2. The maximum Gasteiger partial charge on any atom is 0.344 e. The normalized spacial score (nSPS) is 11.6. The molecule has 2 aromatic rings. The van der Waals surface area contributed by atoms with E-state index in [2.05, 4.69) is 19.2 Å². The largest absolute Gasteiger partial charge is 0.480 e. The second-order valence-electron chi connectivity index (χ2n) is 5.97. The Morgan fingerprint density at radius 1 is 1.11 bits per heavy atom. The van der Waals surface area contributed by atoms with E-state index in [1.54, 1.807) is 12.1 Å². The van der Waals surface area contributed by atoms with Crippen molar-refractivity contribution in [3.8, 4) is 5.75 Å². The molecular formula is C20H21Cl2NO4. The molecular weight excluding hydrogens is 389 g/mol. The lowest BCUT2D eigenvalue weighted by Gasteiger charge is -2.15. The van der Waals surface area contributed by atoms with Gasteiger partial charge in [0.15, 0.2) is 13.2 Å². The minimum absolute atomic E-state index is 0.287. The molecule has 0 radical (unpaired) electrons. The average molecular weight is 410 g/mol. The summed E-state index contributed by atoms with van der Waals surface area (Å²) in [6.45, 7) is 3.41. The SMILES string of the molecule is CC[C@@H](C)c1ccccc1NC(=O)COC(=O)COc1ccc(Cl)cc1Cl. The molecule has 27 heavy (non-hydrogen) atoms. The Morgan fingerprint density at radius 2 is 1.85 bits per heavy atom. The smallest absolute Gasteiger partial charge is 0.344 e. The highest BCUT2D eigenvalue weighted by Crippen LogP contribution is 2.28. The van der Waals surface area contributed by atoms with E-state index < -0.39 is 18.5 Å². The Labute approximate surface area is 168 Å². The molecule has 0 fully saturated rings. The summed E-state index contributed by atoms with van der Waals surface area (Å²) in [5, 5.41) is 3.53. The third-order valence-corrected chi connectivity index (χ3v) is 4.51. The first-order valence-corrected chi connectivity index (χ1v) is 9.28. The topological polar surface area (TPSA) is 64.6 Å². The van der Waals surface area contributed by atoms with Gasteiger partial charge in [0.25, 0.3) is 5.91 Å². The summed E-state index contributed by atoms with van der Waals surface area (Å²) in [7, 11) is 0. The van der Waals surface area contributed by atoms with Crippen LogP contribution in [-0.4, -0.2) is 25.1 Å². The van der Waals surface area contributed by atoms with Gasteiger partial charge in [-0.1, -0.05) is 55.2 Å². The van der Waals surface area contributed by atoms with Crippen LogP contribution in [0.15, 0.2) is 42.5 Å². The van der Waals surface area contributed by atoms with Crippen molar-refractivity contribution in [3.05, 3.63) is 58.1 Å². The number of nitrogens with one attached hydrogen (secondary N) is 1. The highest BCUT2D eigenvalue weighted by molar-refractivity contribution is 6.35. The molecule has 5 nitrogen and oxygen atoms in total. The van der Waals surface area contributed by atoms with Crippen molar-refractivity contribution in [2.24, 2.45) is 0 Å². The van der Waals surface area contributed by atoms with Crippen molar-refractivity contribution in [1.82, 2.24) is 0 Å². The van der Waals surface area contributed by atoms with Crippen LogP contribution in [0.3, 0.4) is 0 Å². The fourth-order valence-corrected chi connectivity index (χ4v) is 2.83. The van der Waals surface area contributed by atoms with Crippen LogP contribution in [0.2, 0.25) is 10.0 Å². The molecule has 1 atom stereocenters. The Morgan fingerprint density at radius 3 is 2.56 bits per heavy atom. The zero-order chi connectivity index (χ0) is 19.8. The van der Waals surface area contributed by atoms with Gasteiger partial charge in [0.05, 0.1) is 5.02 Å². The zero-order valence-electron chi connectivity index (χ0n) is 15.1. The molecule has 0 aliphatic rings. The minimum atomic E-state index is -0.675. The van der Waals surface area contributed by atoms with Gasteiger partial charge in [-0.2, -0.15) is 0 Å². The molecule has 0 saturated heterocycles. The number of esters is 1. The Bertz CT molecular complexity index is 810. The van der Waals surface area contributed by atoms with Crippen molar-refractivity contribution >= 4 is 40.8 Å². The van der Waals surface area contributed by atoms with Crippen molar-refractivity contribution in [2.45, 2.75) is 26.2 Å². The number of halogens is 2. The van der Waals surface area contributed by atoms with Gasteiger partial charge in [-0.05, 0) is 42.2 Å². The van der Waals surface area contributed by atoms with Crippen molar-refractivity contribution in [2.75, 3.05) is 18.5 Å². The molecule has 0 heterocycles. The minimum Gasteiger partial charge on any atom is -0.480 e. The van der Waals surface area contributed by atoms with Gasteiger partial charge in [0.2, 0.25) is 0 Å². The van der Waals surface area contributed by atoms with Crippen LogP contribution in [0.4, 0.5) is 5.69 Å². The second-order valence-corrected chi connectivity index (χ2v) is 6.81. The monoisotopic (exact) mass is 409 g/mol. The van der Waals surface area contributed by atoms with Crippen LogP contribution in [-0.2, 0) is 14.3 Å². The molecule has 0 aliphatic heterocycles. The van der Waals surface area contributed by atoms with Crippen LogP contribution in [0, 0.1) is 0 Å². The number of hydrogen-bond acceptors (Lipinski definition) is 4. The van der Waals surface area contributed by atoms with E-state index in [4.69, 9.17) is 32.7 Å². The maximum atomic E-state index is 12.1. The third-order valence-electron chi connectivity index (χ3n) is 3.98. The van der Waals surface area contributed by atoms with Crippen LogP contribution in [0.1, 0.15) is 31.7 Å². The lowest BCUT2D eigenvalue weighted by molar-refractivity contribution is -0.149. The van der Waals surface area contributed by atoms with Crippen LogP contribution in [0.25, 0.3) is 0 Å². The molecule has 1 N–H and O–H groups in total. The molecule has 0 aromatic heterocycles. The molecule has 0 aliphatic carbocycles. The Hall–Kier alpha value is -2.24. The molecule has 0 saturated carbocycles. The van der Waals surface area contributed by atoms with E-state index >= 15 is 0 Å². The number of benzene rings is 2. The summed E-state index contributed by atoms with van der Waals surface area (Å²) < 4.78 is 10.2. The van der Waals surface area contributed by atoms with Gasteiger partial charge in [-0.15, -0.1) is 0 Å². The standard InChI is InChI=1S/C20H21Cl2NO4/c1-3-13(2)15-6-4-5-7-17(15)23-19(24)11-27-20(25)12-26-18-9-8-14(21)10-16(18)22/h4-10,13H,3,11-12H2,1-2H3,(H,23,24)/t13-/m1/s1. The molecule has 0 unspecified atom stereocenters. The molecule has 0 spiro atoms. The third kappa shape index (κ3) is 6.45. The van der Waals surface area contributed by atoms with Gasteiger partial charge in [0, 0.05) is 10.7 Å². The van der Waals surface area contributed by atoms with E-state index in [1.165, 1.54) is 6.07 Å². The van der Waals surface area contributed by atoms with Gasteiger partial charge in [-0.25, -0.2) is 4.79 Å². The number of para-hydroxylation sites is 1. The first kappa shape index (κ1) is 21.1. The lowest BCUT2D eigenvalue weighted by Crippen LogP contribution is -2.24. The Balaban J connectivity index is 1.82. The number of ether oxygens (including phenoxy) is 2. The van der Waals surface area contributed by atoms with Crippen LogP contribution >= 0.6 is 23.2 Å². The first-order valence-electron chi connectivity index (χ1n) is 8.53. The van der Waals surface area contributed by atoms with Crippen molar-refractivity contribution < 1.29 is 19.1 Å². The fraction of sp³-hybridized carbons (Fsp3) is 0.300. The lowest BCUT2D eigenvalue weighted by atomic mass is 9.97. The van der Waals surface area contributed by atoms with E-state index in [0.29, 0.717) is 16.7 Å². The van der Waals surface area contributed by atoms with Gasteiger partial charge in [-0.3, -0.25) is 4.79 Å². The van der Waals surface area contributed by atoms with Crippen molar-refractivity contribution in [1.29, 1.82) is 0 Å². The number of rotatable bonds is 8. The fourth-order valence-electron chi connectivity index (χ4n) is 2.36. The predicted molar refractivity (Wildman–Crippen MR) is 107 cm³/mol. The summed E-state index contributed by atoms with van der Waals surface area (Å²) in [6, 6.07) is 12.2. The highest BCUT2D eigenvalue weighted by atomic mass is 35.5. The van der Waals surface area contributed by atoms with E-state index in [0.717, 1.165) is 17.7 Å². The molecule has 144 valence electrons. The molecule has 0 bridgehead atoms. The van der Waals surface area contributed by atoms with E-state index in [9.17, 15) is 9.59 Å². The highest BCUT2D eigenvalue weighted by Gasteiger charge is 2.13. The number of amides is 1. The maximum absolute atomic E-state index is 12.1. The van der Waals surface area contributed by atoms with E-state index in [1.807, 2.05) is 24.3 Å². The quantitative estimate of drug-likeness (QED) is 0.618. The number of carbonyl (C=O) groups excluding carboxylic acids is 2. The number of anilines is 1. The molecule has 2 aromatic carbocycles. The van der Waals surface area contributed by atoms with Crippen LogP contribution in [0.5, 0.6) is 5.75 Å². The van der Waals surface area contributed by atoms with Crippen molar-refractivity contribution in [3.63, 3.8) is 0 Å². The molecule has 2 rings (SSSR count). The first-order chi connectivity index (χ1) is 12.9. The van der Waals surface area contributed by atoms with Crippen LogP contribution < -0.4 is 10.1 Å². The number of hydrogen-bond donors (Lipinski definition) is 1. The van der Waals surface area contributed by atoms with E-state index in [-0.39, 0.29) is 11.6 Å². The summed E-state index contributed by atoms with van der Waals surface area (Å²) >= 11 is 11.8. The van der Waals surface area contributed by atoms with Gasteiger partial charge in [0.1, 0.15) is 5.75 Å². The van der Waals surface area contributed by atoms with Gasteiger partial charge >= 0.3 is 5.97 Å². The molecule has 1 amide bonds. The average Bonchev–Trinajstić information content (AvgIpc) is 2.65. The summed E-state index contributed by atoms with van der Waals surface area (Å²) in [5.41, 5.74) is 1.76. The summed E-state index contributed by atoms with van der Waals surface area (Å²) in [4.78, 5) is 23.9. The summed E-state index contributed by atoms with van der Waals surface area (Å²) in [6.07, 6.45) is 0.951. The molecule has 7 heteroatoms. The number of carbonyl (C=O) groups is 2. The van der Waals surface area contributed by atoms with Gasteiger partial charge < -0.3 is 14.8 Å². The summed E-state index contributed by atoms with van der Waals surface area (Å²) in [5.74, 6) is -0.471.